The van der Waals surface area contributed by atoms with Gasteiger partial charge in [-0.05, 0) is 22.9 Å². The molecule has 0 radical (unpaired) electrons. The van der Waals surface area contributed by atoms with E-state index in [2.05, 4.69) is 25.9 Å². The topological polar surface area (TPSA) is 56.2 Å². The van der Waals surface area contributed by atoms with Gasteiger partial charge in [0.15, 0.2) is 0 Å². The van der Waals surface area contributed by atoms with Gasteiger partial charge in [-0.25, -0.2) is 9.97 Å². The second-order valence-corrected chi connectivity index (χ2v) is 3.71. The highest BCUT2D eigenvalue weighted by Crippen LogP contribution is 2.13. The number of hydrogen-bond acceptors (Lipinski definition) is 3. The van der Waals surface area contributed by atoms with Crippen LogP contribution in [0.5, 0.6) is 0 Å². The van der Waals surface area contributed by atoms with Gasteiger partial charge < -0.3 is 5.73 Å². The molecule has 2 heterocycles. The van der Waals surface area contributed by atoms with Crippen molar-refractivity contribution in [3.05, 3.63) is 28.3 Å². The quantitative estimate of drug-likeness (QED) is 0.817. The molecule has 68 valence electrons. The van der Waals surface area contributed by atoms with Crippen LogP contribution in [0, 0.1) is 6.92 Å². The number of hydrogen-bond donors (Lipinski definition) is 1. The molecule has 0 aliphatic rings. The molecule has 0 unspecified atom stereocenters. The van der Waals surface area contributed by atoms with E-state index >= 15 is 0 Å². The molecule has 2 aromatic heterocycles. The van der Waals surface area contributed by atoms with Crippen LogP contribution in [0.1, 0.15) is 11.4 Å². The maximum atomic E-state index is 5.61. The molecule has 2 aromatic rings. The maximum absolute atomic E-state index is 5.61. The zero-order valence-electron chi connectivity index (χ0n) is 7.16. The number of rotatable bonds is 1. The predicted octanol–water partition coefficient (Wildman–Crippen LogP) is 1.26. The predicted molar refractivity (Wildman–Crippen MR) is 53.3 cm³/mol. The summed E-state index contributed by atoms with van der Waals surface area (Å²) in [7, 11) is 0. The first-order valence-corrected chi connectivity index (χ1v) is 4.71. The number of halogens is 1. The van der Waals surface area contributed by atoms with Gasteiger partial charge in [0, 0.05) is 18.9 Å². The summed E-state index contributed by atoms with van der Waals surface area (Å²) in [5, 5.41) is 0. The van der Waals surface area contributed by atoms with Gasteiger partial charge in [-0.15, -0.1) is 0 Å². The minimum Gasteiger partial charge on any atom is -0.325 e. The fourth-order valence-corrected chi connectivity index (χ4v) is 1.62. The first-order valence-electron chi connectivity index (χ1n) is 3.91. The van der Waals surface area contributed by atoms with Crippen LogP contribution in [-0.4, -0.2) is 14.4 Å². The van der Waals surface area contributed by atoms with Crippen molar-refractivity contribution in [1.29, 1.82) is 0 Å². The van der Waals surface area contributed by atoms with Gasteiger partial charge in [0.1, 0.15) is 0 Å². The molecular weight excluding hydrogens is 232 g/mol. The van der Waals surface area contributed by atoms with Crippen molar-refractivity contribution in [3.63, 3.8) is 0 Å². The van der Waals surface area contributed by atoms with Gasteiger partial charge in [0.05, 0.1) is 15.9 Å². The van der Waals surface area contributed by atoms with Crippen molar-refractivity contribution in [2.45, 2.75) is 13.5 Å². The summed E-state index contributed by atoms with van der Waals surface area (Å²) in [5.74, 6) is 0.696. The molecule has 0 saturated heterocycles. The van der Waals surface area contributed by atoms with Crippen LogP contribution in [0.15, 0.2) is 16.9 Å². The maximum Gasteiger partial charge on any atom is 0.234 e. The Morgan fingerprint density at radius 1 is 1.62 bits per heavy atom. The lowest BCUT2D eigenvalue weighted by Gasteiger charge is -1.98. The molecule has 0 fully saturated rings. The highest BCUT2D eigenvalue weighted by molar-refractivity contribution is 9.10. The van der Waals surface area contributed by atoms with Crippen LogP contribution in [-0.2, 0) is 6.54 Å². The van der Waals surface area contributed by atoms with E-state index < -0.39 is 0 Å². The largest absolute Gasteiger partial charge is 0.325 e. The molecule has 0 aliphatic heterocycles. The van der Waals surface area contributed by atoms with Crippen LogP contribution >= 0.6 is 15.9 Å². The SMILES string of the molecule is Cc1nc2ncc(Br)cn2c1CN. The standard InChI is InChI=1S/C8H9BrN4/c1-5-7(2-10)13-4-6(9)3-11-8(13)12-5/h3-4H,2,10H2,1H3. The van der Waals surface area contributed by atoms with Gasteiger partial charge in [0.25, 0.3) is 0 Å². The van der Waals surface area contributed by atoms with Crippen molar-refractivity contribution < 1.29 is 0 Å². The third kappa shape index (κ3) is 1.34. The molecule has 0 aliphatic carbocycles. The van der Waals surface area contributed by atoms with E-state index in [1.807, 2.05) is 17.5 Å². The summed E-state index contributed by atoms with van der Waals surface area (Å²) in [5.41, 5.74) is 7.55. The van der Waals surface area contributed by atoms with E-state index in [9.17, 15) is 0 Å². The molecule has 2 N–H and O–H groups in total. The van der Waals surface area contributed by atoms with E-state index in [0.717, 1.165) is 15.9 Å². The Hall–Kier alpha value is -0.940. The number of fused-ring (bicyclic) bond motifs is 1. The Morgan fingerprint density at radius 3 is 3.08 bits per heavy atom. The lowest BCUT2D eigenvalue weighted by molar-refractivity contribution is 0.932. The van der Waals surface area contributed by atoms with Crippen LogP contribution < -0.4 is 5.73 Å². The smallest absolute Gasteiger partial charge is 0.234 e. The van der Waals surface area contributed by atoms with Gasteiger partial charge in [-0.3, -0.25) is 4.40 Å². The number of nitrogens with two attached hydrogens (primary N) is 1. The second-order valence-electron chi connectivity index (χ2n) is 2.79. The van der Waals surface area contributed by atoms with Crippen LogP contribution in [0.4, 0.5) is 0 Å². The first-order chi connectivity index (χ1) is 6.22. The lowest BCUT2D eigenvalue weighted by atomic mass is 10.3. The fourth-order valence-electron chi connectivity index (χ4n) is 1.31. The van der Waals surface area contributed by atoms with Crippen molar-refractivity contribution in [2.75, 3.05) is 0 Å². The number of imidazole rings is 1. The Labute approximate surface area is 83.9 Å². The molecule has 13 heavy (non-hydrogen) atoms. The van der Waals surface area contributed by atoms with E-state index in [0.29, 0.717) is 12.3 Å². The summed E-state index contributed by atoms with van der Waals surface area (Å²) in [6, 6.07) is 0. The molecule has 5 heteroatoms. The highest BCUT2D eigenvalue weighted by atomic mass is 79.9. The minimum atomic E-state index is 0.477. The minimum absolute atomic E-state index is 0.477. The molecule has 0 atom stereocenters. The fraction of sp³-hybridized carbons (Fsp3) is 0.250. The average molecular weight is 241 g/mol. The van der Waals surface area contributed by atoms with E-state index in [1.54, 1.807) is 6.20 Å². The molecule has 0 saturated carbocycles. The molecule has 0 bridgehead atoms. The summed E-state index contributed by atoms with van der Waals surface area (Å²) in [6.45, 7) is 2.41. The van der Waals surface area contributed by atoms with Crippen molar-refractivity contribution >= 4 is 21.7 Å². The van der Waals surface area contributed by atoms with Crippen LogP contribution in [0.25, 0.3) is 5.78 Å². The lowest BCUT2D eigenvalue weighted by Crippen LogP contribution is -2.02. The van der Waals surface area contributed by atoms with Crippen LogP contribution in [0.3, 0.4) is 0 Å². The summed E-state index contributed by atoms with van der Waals surface area (Å²) >= 11 is 3.35. The number of aryl methyl sites for hydroxylation is 1. The Bertz CT molecular complexity index is 449. The van der Waals surface area contributed by atoms with Gasteiger partial charge in [-0.2, -0.15) is 0 Å². The monoisotopic (exact) mass is 240 g/mol. The average Bonchev–Trinajstić information content (AvgIpc) is 2.40. The summed E-state index contributed by atoms with van der Waals surface area (Å²) in [6.07, 6.45) is 3.65. The van der Waals surface area contributed by atoms with Crippen molar-refractivity contribution in [2.24, 2.45) is 5.73 Å². The van der Waals surface area contributed by atoms with Gasteiger partial charge in [-0.1, -0.05) is 0 Å². The van der Waals surface area contributed by atoms with Gasteiger partial charge >= 0.3 is 0 Å². The first kappa shape index (κ1) is 8.65. The Balaban J connectivity index is 2.80. The zero-order valence-corrected chi connectivity index (χ0v) is 8.74. The summed E-state index contributed by atoms with van der Waals surface area (Å²) < 4.78 is 2.83. The van der Waals surface area contributed by atoms with E-state index in [-0.39, 0.29) is 0 Å². The Morgan fingerprint density at radius 2 is 2.38 bits per heavy atom. The van der Waals surface area contributed by atoms with Crippen LogP contribution in [0.2, 0.25) is 0 Å². The Kier molecular flexibility index (Phi) is 2.05. The number of nitrogens with zero attached hydrogens (tertiary/aromatic N) is 3. The molecule has 0 spiro atoms. The summed E-state index contributed by atoms with van der Waals surface area (Å²) in [4.78, 5) is 8.44. The second kappa shape index (κ2) is 3.08. The highest BCUT2D eigenvalue weighted by Gasteiger charge is 2.07. The van der Waals surface area contributed by atoms with Crippen molar-refractivity contribution in [3.8, 4) is 0 Å². The number of aromatic nitrogens is 3. The van der Waals surface area contributed by atoms with E-state index in [4.69, 9.17) is 5.73 Å². The molecule has 2 rings (SSSR count). The normalized spacial score (nSPS) is 11.0. The molecule has 0 aromatic carbocycles. The molecule has 4 nitrogen and oxygen atoms in total. The third-order valence-electron chi connectivity index (χ3n) is 1.94. The third-order valence-corrected chi connectivity index (χ3v) is 2.35. The zero-order chi connectivity index (χ0) is 9.42. The molecular formula is C8H9BrN4. The molecule has 0 amide bonds. The van der Waals surface area contributed by atoms with Gasteiger partial charge in [0.2, 0.25) is 5.78 Å². The van der Waals surface area contributed by atoms with Crippen molar-refractivity contribution in [1.82, 2.24) is 14.4 Å². The van der Waals surface area contributed by atoms with E-state index in [1.165, 1.54) is 0 Å².